The van der Waals surface area contributed by atoms with Crippen LogP contribution in [-0.4, -0.2) is 23.0 Å². The van der Waals surface area contributed by atoms with Crippen LogP contribution in [0.5, 0.6) is 0 Å². The maximum absolute atomic E-state index is 8.63. The third-order valence-corrected chi connectivity index (χ3v) is 1.38. The van der Waals surface area contributed by atoms with Gasteiger partial charge in [-0.2, -0.15) is 0 Å². The molecule has 0 unspecified atom stereocenters. The molecule has 1 aliphatic carbocycles. The van der Waals surface area contributed by atoms with Crippen LogP contribution in [0.1, 0.15) is 0 Å². The van der Waals surface area contributed by atoms with Crippen LogP contribution in [0, 0.1) is 0 Å². The maximum Gasteiger partial charge on any atom is 0.281 e. The predicted octanol–water partition coefficient (Wildman–Crippen LogP) is 1.51. The van der Waals surface area contributed by atoms with Crippen molar-refractivity contribution in [1.29, 1.82) is 0 Å². The third kappa shape index (κ3) is 1.70. The summed E-state index contributed by atoms with van der Waals surface area (Å²) in [4.78, 5) is 3.90. The topological polar surface area (TPSA) is 52.8 Å². The van der Waals surface area contributed by atoms with Gasteiger partial charge in [-0.1, -0.05) is 0 Å². The molecule has 3 heteroatoms. The molecule has 11 heavy (non-hydrogen) atoms. The van der Waals surface area contributed by atoms with Crippen molar-refractivity contribution in [3.63, 3.8) is 0 Å². The van der Waals surface area contributed by atoms with Gasteiger partial charge in [0.15, 0.2) is 0 Å². The van der Waals surface area contributed by atoms with E-state index in [2.05, 4.69) is 4.99 Å². The van der Waals surface area contributed by atoms with E-state index in [-0.39, 0.29) is 0 Å². The summed E-state index contributed by atoms with van der Waals surface area (Å²) >= 11 is 0. The number of aliphatic imine (C=N–C) groups is 1. The normalized spacial score (nSPS) is 15.4. The van der Waals surface area contributed by atoms with Gasteiger partial charge in [-0.25, -0.2) is 0 Å². The Hall–Kier alpha value is -1.51. The van der Waals surface area contributed by atoms with Gasteiger partial charge in [0.2, 0.25) is 0 Å². The molecule has 0 bridgehead atoms. The van der Waals surface area contributed by atoms with Gasteiger partial charge in [-0.15, -0.1) is 0 Å². The smallest absolute Gasteiger partial charge is 0.281 e. The first kappa shape index (κ1) is 7.60. The molecule has 1 aliphatic rings. The Kier molecular flexibility index (Phi) is 2.11. The maximum atomic E-state index is 8.63. The molecule has 0 aromatic rings. The number of aliphatic hydroxyl groups excluding tert-OH is 1. The average Bonchev–Trinajstić information content (AvgIpc) is 2.05. The lowest BCUT2D eigenvalue weighted by Gasteiger charge is -2.00. The SMILES string of the molecule is CN=C1C=CC(=C(O)O)C=C1. The van der Waals surface area contributed by atoms with Crippen molar-refractivity contribution in [3.05, 3.63) is 35.8 Å². The van der Waals surface area contributed by atoms with Gasteiger partial charge in [0.25, 0.3) is 5.95 Å². The highest BCUT2D eigenvalue weighted by Crippen LogP contribution is 2.08. The highest BCUT2D eigenvalue weighted by Gasteiger charge is 2.00. The molecular formula is C8H9NO2. The van der Waals surface area contributed by atoms with Crippen molar-refractivity contribution in [2.24, 2.45) is 4.99 Å². The van der Waals surface area contributed by atoms with E-state index in [0.717, 1.165) is 5.71 Å². The lowest BCUT2D eigenvalue weighted by atomic mass is 10.1. The molecule has 0 saturated carbocycles. The van der Waals surface area contributed by atoms with E-state index in [1.165, 1.54) is 0 Å². The number of hydrogen-bond acceptors (Lipinski definition) is 3. The van der Waals surface area contributed by atoms with Gasteiger partial charge in [0, 0.05) is 7.05 Å². The zero-order valence-corrected chi connectivity index (χ0v) is 6.15. The monoisotopic (exact) mass is 151 g/mol. The van der Waals surface area contributed by atoms with E-state index < -0.39 is 5.95 Å². The Balaban J connectivity index is 2.89. The van der Waals surface area contributed by atoms with Crippen molar-refractivity contribution in [3.8, 4) is 0 Å². The Labute approximate surface area is 64.7 Å². The van der Waals surface area contributed by atoms with Crippen LogP contribution in [0.15, 0.2) is 40.8 Å². The first-order valence-electron chi connectivity index (χ1n) is 3.19. The molecular weight excluding hydrogens is 142 g/mol. The largest absolute Gasteiger partial charge is 0.481 e. The molecule has 2 N–H and O–H groups in total. The van der Waals surface area contributed by atoms with E-state index in [1.54, 1.807) is 31.4 Å². The van der Waals surface area contributed by atoms with Crippen molar-refractivity contribution < 1.29 is 10.2 Å². The van der Waals surface area contributed by atoms with E-state index in [9.17, 15) is 0 Å². The molecule has 1 rings (SSSR count). The number of aliphatic hydroxyl groups is 2. The quantitative estimate of drug-likeness (QED) is 0.515. The fourth-order valence-electron chi connectivity index (χ4n) is 0.760. The van der Waals surface area contributed by atoms with Gasteiger partial charge in [0.1, 0.15) is 0 Å². The van der Waals surface area contributed by atoms with Gasteiger partial charge in [-0.05, 0) is 24.3 Å². The summed E-state index contributed by atoms with van der Waals surface area (Å²) in [6.07, 6.45) is 6.61. The minimum Gasteiger partial charge on any atom is -0.481 e. The molecule has 0 atom stereocenters. The minimum absolute atomic E-state index is 0.400. The van der Waals surface area contributed by atoms with Gasteiger partial charge in [0.05, 0.1) is 11.3 Å². The van der Waals surface area contributed by atoms with Crippen molar-refractivity contribution >= 4 is 5.71 Å². The van der Waals surface area contributed by atoms with Crippen LogP contribution in [0.2, 0.25) is 0 Å². The lowest BCUT2D eigenvalue weighted by molar-refractivity contribution is 0.188. The van der Waals surface area contributed by atoms with Crippen molar-refractivity contribution in [1.82, 2.24) is 0 Å². The van der Waals surface area contributed by atoms with E-state index in [0.29, 0.717) is 5.57 Å². The summed E-state index contributed by atoms with van der Waals surface area (Å²) in [6.45, 7) is 0. The number of nitrogens with zero attached hydrogens (tertiary/aromatic N) is 1. The van der Waals surface area contributed by atoms with E-state index >= 15 is 0 Å². The highest BCUT2D eigenvalue weighted by atomic mass is 16.5. The Morgan fingerprint density at radius 3 is 2.09 bits per heavy atom. The second kappa shape index (κ2) is 3.05. The van der Waals surface area contributed by atoms with Crippen LogP contribution >= 0.6 is 0 Å². The highest BCUT2D eigenvalue weighted by molar-refractivity contribution is 6.05. The Bertz CT molecular complexity index is 250. The molecule has 0 heterocycles. The molecule has 0 radical (unpaired) electrons. The minimum atomic E-state index is -0.660. The summed E-state index contributed by atoms with van der Waals surface area (Å²) in [5.74, 6) is -0.660. The van der Waals surface area contributed by atoms with Crippen LogP contribution in [0.4, 0.5) is 0 Å². The first-order valence-corrected chi connectivity index (χ1v) is 3.19. The molecule has 0 aromatic heterocycles. The van der Waals surface area contributed by atoms with Gasteiger partial charge < -0.3 is 10.2 Å². The third-order valence-electron chi connectivity index (χ3n) is 1.38. The summed E-state index contributed by atoms with van der Waals surface area (Å²) in [5, 5.41) is 17.3. The fraction of sp³-hybridized carbons (Fsp3) is 0.125. The molecule has 0 fully saturated rings. The zero-order valence-electron chi connectivity index (χ0n) is 6.15. The van der Waals surface area contributed by atoms with Gasteiger partial charge in [-0.3, -0.25) is 4.99 Å². The first-order chi connectivity index (χ1) is 5.24. The van der Waals surface area contributed by atoms with Crippen LogP contribution < -0.4 is 0 Å². The zero-order chi connectivity index (χ0) is 8.27. The molecule has 0 amide bonds. The summed E-state index contributed by atoms with van der Waals surface area (Å²) < 4.78 is 0. The molecule has 0 spiro atoms. The molecule has 0 saturated heterocycles. The standard InChI is InChI=1S/C8H9NO2/c1-9-7-4-2-6(3-5-7)8(10)11/h2-5,10-11H,1H3. The molecule has 58 valence electrons. The summed E-state index contributed by atoms with van der Waals surface area (Å²) in [6, 6.07) is 0. The average molecular weight is 151 g/mol. The van der Waals surface area contributed by atoms with Gasteiger partial charge >= 0.3 is 0 Å². The van der Waals surface area contributed by atoms with Crippen molar-refractivity contribution in [2.75, 3.05) is 7.05 Å². The molecule has 3 nitrogen and oxygen atoms in total. The predicted molar refractivity (Wildman–Crippen MR) is 43.9 cm³/mol. The van der Waals surface area contributed by atoms with Crippen LogP contribution in [0.25, 0.3) is 0 Å². The van der Waals surface area contributed by atoms with Crippen LogP contribution in [0.3, 0.4) is 0 Å². The van der Waals surface area contributed by atoms with E-state index in [1.807, 2.05) is 0 Å². The Morgan fingerprint density at radius 2 is 1.73 bits per heavy atom. The van der Waals surface area contributed by atoms with Crippen molar-refractivity contribution in [2.45, 2.75) is 0 Å². The van der Waals surface area contributed by atoms with E-state index in [4.69, 9.17) is 10.2 Å². The second-order valence-corrected chi connectivity index (χ2v) is 2.09. The number of allylic oxidation sites excluding steroid dienone is 5. The summed E-state index contributed by atoms with van der Waals surface area (Å²) in [5.41, 5.74) is 1.22. The fourth-order valence-corrected chi connectivity index (χ4v) is 0.760. The summed E-state index contributed by atoms with van der Waals surface area (Å²) in [7, 11) is 1.68. The molecule has 0 aromatic carbocycles. The molecule has 0 aliphatic heterocycles. The second-order valence-electron chi connectivity index (χ2n) is 2.09. The Morgan fingerprint density at radius 1 is 1.18 bits per heavy atom. The number of rotatable bonds is 0. The number of hydrogen-bond donors (Lipinski definition) is 2. The van der Waals surface area contributed by atoms with Crippen LogP contribution in [-0.2, 0) is 0 Å². The lowest BCUT2D eigenvalue weighted by Crippen LogP contribution is -1.95.